The van der Waals surface area contributed by atoms with Gasteiger partial charge in [0.2, 0.25) is 0 Å². The van der Waals surface area contributed by atoms with E-state index in [9.17, 15) is 9.18 Å². The number of aromatic amines is 1. The molecular formula is C16H15FN4O2. The van der Waals surface area contributed by atoms with Crippen LogP contribution < -0.4 is 10.6 Å². The van der Waals surface area contributed by atoms with E-state index in [0.29, 0.717) is 22.7 Å². The molecule has 118 valence electrons. The number of hydrogen-bond acceptors (Lipinski definition) is 3. The standard InChI is InChI=1S/C16H15FN4O2/c1-9-15(10(2)21-20-9)19-16(22)18-13-8-11(5-6-12(13)17)14-4-3-7-23-14/h3-8H,1-2H3,(H,20,21)(H2,18,19,22). The van der Waals surface area contributed by atoms with Crippen molar-refractivity contribution in [3.05, 3.63) is 53.8 Å². The second-order valence-electron chi connectivity index (χ2n) is 5.06. The largest absolute Gasteiger partial charge is 0.464 e. The first-order chi connectivity index (χ1) is 11.0. The van der Waals surface area contributed by atoms with Gasteiger partial charge in [-0.25, -0.2) is 9.18 Å². The van der Waals surface area contributed by atoms with E-state index in [1.807, 2.05) is 0 Å². The quantitative estimate of drug-likeness (QED) is 0.681. The lowest BCUT2D eigenvalue weighted by molar-refractivity contribution is 0.262. The molecule has 0 saturated carbocycles. The second kappa shape index (κ2) is 5.96. The Morgan fingerprint density at radius 3 is 2.74 bits per heavy atom. The van der Waals surface area contributed by atoms with Gasteiger partial charge in [0.25, 0.3) is 0 Å². The average Bonchev–Trinajstić information content (AvgIpc) is 3.15. The number of carbonyl (C=O) groups excluding carboxylic acids is 1. The summed E-state index contributed by atoms with van der Waals surface area (Å²) in [6.07, 6.45) is 1.53. The van der Waals surface area contributed by atoms with Gasteiger partial charge in [-0.05, 0) is 44.2 Å². The lowest BCUT2D eigenvalue weighted by Crippen LogP contribution is -2.20. The molecule has 3 rings (SSSR count). The van der Waals surface area contributed by atoms with Gasteiger partial charge in [0.15, 0.2) is 0 Å². The summed E-state index contributed by atoms with van der Waals surface area (Å²) in [6.45, 7) is 3.55. The van der Waals surface area contributed by atoms with Crippen molar-refractivity contribution in [1.82, 2.24) is 10.2 Å². The number of urea groups is 1. The Morgan fingerprint density at radius 1 is 1.26 bits per heavy atom. The first kappa shape index (κ1) is 14.8. The van der Waals surface area contributed by atoms with E-state index in [1.165, 1.54) is 18.4 Å². The summed E-state index contributed by atoms with van der Waals surface area (Å²) in [5, 5.41) is 11.9. The Morgan fingerprint density at radius 2 is 2.09 bits per heavy atom. The zero-order valence-corrected chi connectivity index (χ0v) is 12.6. The van der Waals surface area contributed by atoms with Crippen LogP contribution >= 0.6 is 0 Å². The summed E-state index contributed by atoms with van der Waals surface area (Å²) in [5.74, 6) is 0.0612. The molecule has 23 heavy (non-hydrogen) atoms. The summed E-state index contributed by atoms with van der Waals surface area (Å²) < 4.78 is 19.2. The molecule has 1 aromatic carbocycles. The van der Waals surface area contributed by atoms with Gasteiger partial charge < -0.3 is 15.1 Å². The van der Waals surface area contributed by atoms with E-state index >= 15 is 0 Å². The van der Waals surface area contributed by atoms with Crippen molar-refractivity contribution >= 4 is 17.4 Å². The van der Waals surface area contributed by atoms with Crippen LogP contribution in [0.5, 0.6) is 0 Å². The Hall–Kier alpha value is -3.09. The van der Waals surface area contributed by atoms with Crippen LogP contribution in [-0.2, 0) is 0 Å². The summed E-state index contributed by atoms with van der Waals surface area (Å²) in [6, 6.07) is 7.33. The fourth-order valence-corrected chi connectivity index (χ4v) is 2.22. The van der Waals surface area contributed by atoms with E-state index < -0.39 is 11.8 Å². The highest BCUT2D eigenvalue weighted by Gasteiger charge is 2.13. The molecule has 7 heteroatoms. The molecule has 0 bridgehead atoms. The van der Waals surface area contributed by atoms with Crippen LogP contribution in [0, 0.1) is 19.7 Å². The maximum atomic E-state index is 13.9. The van der Waals surface area contributed by atoms with Gasteiger partial charge >= 0.3 is 6.03 Å². The molecule has 0 fully saturated rings. The Labute approximate surface area is 131 Å². The zero-order valence-electron chi connectivity index (χ0n) is 12.6. The van der Waals surface area contributed by atoms with E-state index in [2.05, 4.69) is 20.8 Å². The lowest BCUT2D eigenvalue weighted by Gasteiger charge is -2.09. The number of nitrogens with one attached hydrogen (secondary N) is 3. The van der Waals surface area contributed by atoms with Gasteiger partial charge in [-0.1, -0.05) is 0 Å². The van der Waals surface area contributed by atoms with Crippen LogP contribution in [0.2, 0.25) is 0 Å². The molecule has 0 atom stereocenters. The van der Waals surface area contributed by atoms with Crippen LogP contribution in [0.3, 0.4) is 0 Å². The number of H-pyrrole nitrogens is 1. The van der Waals surface area contributed by atoms with Gasteiger partial charge in [0.05, 0.1) is 29.0 Å². The molecule has 0 saturated heterocycles. The first-order valence-electron chi connectivity index (χ1n) is 6.97. The van der Waals surface area contributed by atoms with E-state index in [-0.39, 0.29) is 5.69 Å². The molecule has 2 aromatic heterocycles. The van der Waals surface area contributed by atoms with Crippen LogP contribution in [0.25, 0.3) is 11.3 Å². The average molecular weight is 314 g/mol. The smallest absolute Gasteiger partial charge is 0.323 e. The van der Waals surface area contributed by atoms with Crippen molar-refractivity contribution < 1.29 is 13.6 Å². The molecule has 3 aromatic rings. The molecule has 2 heterocycles. The van der Waals surface area contributed by atoms with Gasteiger partial charge in [0.1, 0.15) is 11.6 Å². The lowest BCUT2D eigenvalue weighted by atomic mass is 10.1. The molecule has 0 radical (unpaired) electrons. The molecule has 0 spiro atoms. The summed E-state index contributed by atoms with van der Waals surface area (Å²) in [4.78, 5) is 12.1. The number of hydrogen-bond donors (Lipinski definition) is 3. The molecule has 0 unspecified atom stereocenters. The van der Waals surface area contributed by atoms with Gasteiger partial charge in [-0.15, -0.1) is 0 Å². The molecule has 3 N–H and O–H groups in total. The molecule has 6 nitrogen and oxygen atoms in total. The molecule has 2 amide bonds. The summed E-state index contributed by atoms with van der Waals surface area (Å²) in [7, 11) is 0. The molecule has 0 aliphatic carbocycles. The highest BCUT2D eigenvalue weighted by Crippen LogP contribution is 2.25. The predicted octanol–water partition coefficient (Wildman–Crippen LogP) is 4.07. The number of nitrogens with zero attached hydrogens (tertiary/aromatic N) is 1. The van der Waals surface area contributed by atoms with Gasteiger partial charge in [-0.2, -0.15) is 5.10 Å². The number of amides is 2. The maximum Gasteiger partial charge on any atom is 0.323 e. The van der Waals surface area contributed by atoms with Gasteiger partial charge in [0, 0.05) is 5.56 Å². The zero-order chi connectivity index (χ0) is 16.4. The van der Waals surface area contributed by atoms with Crippen LogP contribution in [0.1, 0.15) is 11.4 Å². The van der Waals surface area contributed by atoms with Crippen molar-refractivity contribution in [1.29, 1.82) is 0 Å². The van der Waals surface area contributed by atoms with Crippen LogP contribution in [0.4, 0.5) is 20.6 Å². The Balaban J connectivity index is 1.79. The second-order valence-corrected chi connectivity index (χ2v) is 5.06. The van der Waals surface area contributed by atoms with Crippen molar-refractivity contribution in [2.75, 3.05) is 10.6 Å². The predicted molar refractivity (Wildman–Crippen MR) is 84.8 cm³/mol. The number of halogens is 1. The van der Waals surface area contributed by atoms with Gasteiger partial charge in [-0.3, -0.25) is 5.10 Å². The number of furan rings is 1. The van der Waals surface area contributed by atoms with Crippen LogP contribution in [-0.4, -0.2) is 16.2 Å². The minimum absolute atomic E-state index is 0.0650. The van der Waals surface area contributed by atoms with E-state index in [1.54, 1.807) is 32.0 Å². The third kappa shape index (κ3) is 3.08. The number of benzene rings is 1. The van der Waals surface area contributed by atoms with Crippen molar-refractivity contribution in [2.45, 2.75) is 13.8 Å². The minimum Gasteiger partial charge on any atom is -0.464 e. The topological polar surface area (TPSA) is 83.0 Å². The Kier molecular flexibility index (Phi) is 3.84. The Bertz CT molecular complexity index is 820. The van der Waals surface area contributed by atoms with Crippen molar-refractivity contribution in [3.8, 4) is 11.3 Å². The normalized spacial score (nSPS) is 10.6. The SMILES string of the molecule is Cc1n[nH]c(C)c1NC(=O)Nc1cc(-c2ccco2)ccc1F. The summed E-state index contributed by atoms with van der Waals surface area (Å²) in [5.41, 5.74) is 2.69. The van der Waals surface area contributed by atoms with Crippen molar-refractivity contribution in [3.63, 3.8) is 0 Å². The highest BCUT2D eigenvalue weighted by molar-refractivity contribution is 6.00. The minimum atomic E-state index is -0.548. The maximum absolute atomic E-state index is 13.9. The monoisotopic (exact) mass is 314 g/mol. The summed E-state index contributed by atoms with van der Waals surface area (Å²) >= 11 is 0. The number of anilines is 2. The van der Waals surface area contributed by atoms with Crippen LogP contribution in [0.15, 0.2) is 41.0 Å². The first-order valence-corrected chi connectivity index (χ1v) is 6.97. The number of aromatic nitrogens is 2. The third-order valence-corrected chi connectivity index (χ3v) is 3.39. The van der Waals surface area contributed by atoms with Crippen molar-refractivity contribution in [2.24, 2.45) is 0 Å². The fraction of sp³-hybridized carbons (Fsp3) is 0.125. The highest BCUT2D eigenvalue weighted by atomic mass is 19.1. The molecule has 0 aliphatic heterocycles. The molecule has 0 aliphatic rings. The third-order valence-electron chi connectivity index (χ3n) is 3.39. The number of carbonyl (C=O) groups is 1. The number of aryl methyl sites for hydroxylation is 2. The van der Waals surface area contributed by atoms with E-state index in [0.717, 1.165) is 5.69 Å². The van der Waals surface area contributed by atoms with E-state index in [4.69, 9.17) is 4.42 Å². The number of rotatable bonds is 3. The molecular weight excluding hydrogens is 299 g/mol. The fourth-order valence-electron chi connectivity index (χ4n) is 2.22.